The molecule has 3 rings (SSSR count). The van der Waals surface area contributed by atoms with E-state index in [1.54, 1.807) is 17.0 Å². The summed E-state index contributed by atoms with van der Waals surface area (Å²) in [6.45, 7) is 2.56. The van der Waals surface area contributed by atoms with E-state index in [0.29, 0.717) is 13.0 Å². The Morgan fingerprint density at radius 2 is 1.79 bits per heavy atom. The highest BCUT2D eigenvalue weighted by Crippen LogP contribution is 2.34. The van der Waals surface area contributed by atoms with Gasteiger partial charge in [-0.1, -0.05) is 38.3 Å². The third-order valence-corrected chi connectivity index (χ3v) is 8.11. The van der Waals surface area contributed by atoms with Crippen LogP contribution in [0.2, 0.25) is 0 Å². The molecule has 28 heavy (non-hydrogen) atoms. The molecule has 0 N–H and O–H groups in total. The van der Waals surface area contributed by atoms with Gasteiger partial charge in [-0.25, -0.2) is 12.8 Å². The maximum atomic E-state index is 13.3. The van der Waals surface area contributed by atoms with Crippen molar-refractivity contribution in [2.75, 3.05) is 11.5 Å². The minimum absolute atomic E-state index is 0.0124. The molecule has 0 spiro atoms. The molecule has 1 atom stereocenters. The Kier molecular flexibility index (Phi) is 7.13. The lowest BCUT2D eigenvalue weighted by Crippen LogP contribution is -2.44. The van der Waals surface area contributed by atoms with Crippen molar-refractivity contribution in [1.29, 1.82) is 0 Å². The zero-order chi connectivity index (χ0) is 20.1. The van der Waals surface area contributed by atoms with Crippen molar-refractivity contribution < 1.29 is 17.6 Å². The molecule has 1 heterocycles. The summed E-state index contributed by atoms with van der Waals surface area (Å²) >= 11 is 0. The Morgan fingerprint density at radius 3 is 2.36 bits per heavy atom. The second-order valence-corrected chi connectivity index (χ2v) is 10.7. The van der Waals surface area contributed by atoms with Crippen LogP contribution in [-0.4, -0.2) is 36.8 Å². The first-order chi connectivity index (χ1) is 13.4. The van der Waals surface area contributed by atoms with E-state index >= 15 is 0 Å². The van der Waals surface area contributed by atoms with Gasteiger partial charge in [0, 0.05) is 18.5 Å². The van der Waals surface area contributed by atoms with Crippen molar-refractivity contribution in [2.24, 2.45) is 11.8 Å². The minimum atomic E-state index is -3.08. The van der Waals surface area contributed by atoms with Crippen LogP contribution in [0.25, 0.3) is 0 Å². The normalized spacial score (nSPS) is 26.9. The van der Waals surface area contributed by atoms with Crippen molar-refractivity contribution in [3.63, 3.8) is 0 Å². The maximum absolute atomic E-state index is 13.3. The number of carbonyl (C=O) groups is 1. The third-order valence-electron chi connectivity index (χ3n) is 6.36. The number of amides is 1. The largest absolute Gasteiger partial charge is 0.334 e. The number of unbranched alkanes of at least 4 members (excludes halogenated alkanes) is 1. The SMILES string of the molecule is CCCCC1CCC(C(=O)N(Cc2ccc(F)cc2)[C@@H]2CCS(=O)(=O)C2)CC1. The summed E-state index contributed by atoms with van der Waals surface area (Å²) in [5.74, 6) is 0.680. The minimum Gasteiger partial charge on any atom is -0.334 e. The monoisotopic (exact) mass is 409 g/mol. The lowest BCUT2D eigenvalue weighted by Gasteiger charge is -2.35. The van der Waals surface area contributed by atoms with Crippen LogP contribution in [-0.2, 0) is 21.2 Å². The second kappa shape index (κ2) is 9.38. The van der Waals surface area contributed by atoms with E-state index in [0.717, 1.165) is 37.2 Å². The molecule has 1 amide bonds. The molecule has 0 bridgehead atoms. The average molecular weight is 410 g/mol. The molecular formula is C22H32FNO3S. The molecule has 1 saturated carbocycles. The molecule has 0 unspecified atom stereocenters. The molecule has 0 aromatic heterocycles. The summed E-state index contributed by atoms with van der Waals surface area (Å²) in [4.78, 5) is 15.1. The number of halogens is 1. The molecule has 1 aliphatic heterocycles. The van der Waals surface area contributed by atoms with E-state index in [-0.39, 0.29) is 35.2 Å². The van der Waals surface area contributed by atoms with Crippen LogP contribution < -0.4 is 0 Å². The van der Waals surface area contributed by atoms with Crippen molar-refractivity contribution >= 4 is 15.7 Å². The van der Waals surface area contributed by atoms with E-state index in [9.17, 15) is 17.6 Å². The molecule has 1 aliphatic carbocycles. The highest BCUT2D eigenvalue weighted by molar-refractivity contribution is 7.91. The molecular weight excluding hydrogens is 377 g/mol. The van der Waals surface area contributed by atoms with E-state index < -0.39 is 9.84 Å². The number of sulfone groups is 1. The van der Waals surface area contributed by atoms with Crippen LogP contribution in [0.3, 0.4) is 0 Å². The average Bonchev–Trinajstić information content (AvgIpc) is 3.05. The fourth-order valence-electron chi connectivity index (χ4n) is 4.62. The van der Waals surface area contributed by atoms with Gasteiger partial charge in [0.15, 0.2) is 9.84 Å². The summed E-state index contributed by atoms with van der Waals surface area (Å²) in [6.07, 6.45) is 8.17. The first kappa shape index (κ1) is 21.3. The van der Waals surface area contributed by atoms with E-state index in [1.165, 1.54) is 31.4 Å². The Morgan fingerprint density at radius 1 is 1.11 bits per heavy atom. The van der Waals surface area contributed by atoms with Gasteiger partial charge >= 0.3 is 0 Å². The summed E-state index contributed by atoms with van der Waals surface area (Å²) in [7, 11) is -3.08. The van der Waals surface area contributed by atoms with Gasteiger partial charge in [-0.3, -0.25) is 4.79 Å². The first-order valence-electron chi connectivity index (χ1n) is 10.6. The highest BCUT2D eigenvalue weighted by Gasteiger charge is 2.38. The summed E-state index contributed by atoms with van der Waals surface area (Å²) in [5.41, 5.74) is 0.843. The fraction of sp³-hybridized carbons (Fsp3) is 0.682. The van der Waals surface area contributed by atoms with Crippen molar-refractivity contribution in [3.05, 3.63) is 35.6 Å². The van der Waals surface area contributed by atoms with Crippen LogP contribution in [0.1, 0.15) is 63.9 Å². The van der Waals surface area contributed by atoms with Gasteiger partial charge in [0.2, 0.25) is 5.91 Å². The Bertz CT molecular complexity index is 754. The Hall–Kier alpha value is -1.43. The molecule has 4 nitrogen and oxygen atoms in total. The molecule has 2 fully saturated rings. The number of hydrogen-bond donors (Lipinski definition) is 0. The Labute approximate surface area is 168 Å². The molecule has 1 saturated heterocycles. The quantitative estimate of drug-likeness (QED) is 0.673. The lowest BCUT2D eigenvalue weighted by molar-refractivity contribution is -0.139. The van der Waals surface area contributed by atoms with E-state index in [1.807, 2.05) is 0 Å². The first-order valence-corrected chi connectivity index (χ1v) is 12.5. The molecule has 6 heteroatoms. The van der Waals surface area contributed by atoms with Crippen molar-refractivity contribution in [1.82, 2.24) is 4.90 Å². The summed E-state index contributed by atoms with van der Waals surface area (Å²) in [6, 6.07) is 5.88. The van der Waals surface area contributed by atoms with Crippen LogP contribution in [0.4, 0.5) is 4.39 Å². The summed E-state index contributed by atoms with van der Waals surface area (Å²) in [5, 5.41) is 0. The van der Waals surface area contributed by atoms with Gasteiger partial charge in [-0.15, -0.1) is 0 Å². The van der Waals surface area contributed by atoms with Gasteiger partial charge in [-0.2, -0.15) is 0 Å². The smallest absolute Gasteiger partial charge is 0.226 e. The van der Waals surface area contributed by atoms with Crippen LogP contribution in [0, 0.1) is 17.7 Å². The Balaban J connectivity index is 1.69. The number of nitrogens with zero attached hydrogens (tertiary/aromatic N) is 1. The van der Waals surface area contributed by atoms with Gasteiger partial charge < -0.3 is 4.90 Å². The van der Waals surface area contributed by atoms with E-state index in [2.05, 4.69) is 6.92 Å². The molecule has 2 aliphatic rings. The van der Waals surface area contributed by atoms with Crippen LogP contribution in [0.5, 0.6) is 0 Å². The molecule has 1 aromatic rings. The van der Waals surface area contributed by atoms with Crippen LogP contribution in [0.15, 0.2) is 24.3 Å². The topological polar surface area (TPSA) is 54.5 Å². The predicted molar refractivity (Wildman–Crippen MR) is 109 cm³/mol. The number of carbonyl (C=O) groups excluding carboxylic acids is 1. The molecule has 156 valence electrons. The zero-order valence-corrected chi connectivity index (χ0v) is 17.6. The predicted octanol–water partition coefficient (Wildman–Crippen LogP) is 4.34. The lowest BCUT2D eigenvalue weighted by atomic mass is 9.79. The molecule has 1 aromatic carbocycles. The standard InChI is InChI=1S/C22H32FNO3S/c1-2-3-4-17-5-9-19(10-6-17)22(25)24(21-13-14-28(26,27)16-21)15-18-7-11-20(23)12-8-18/h7-8,11-12,17,19,21H,2-6,9-10,13-16H2,1H3/t17?,19?,21-/m1/s1. The van der Waals surface area contributed by atoms with Crippen LogP contribution >= 0.6 is 0 Å². The maximum Gasteiger partial charge on any atom is 0.226 e. The van der Waals surface area contributed by atoms with Gasteiger partial charge in [0.1, 0.15) is 5.82 Å². The number of benzene rings is 1. The summed E-state index contributed by atoms with van der Waals surface area (Å²) < 4.78 is 37.2. The number of rotatable bonds is 7. The van der Waals surface area contributed by atoms with Gasteiger partial charge in [0.25, 0.3) is 0 Å². The fourth-order valence-corrected chi connectivity index (χ4v) is 6.35. The van der Waals surface area contributed by atoms with Gasteiger partial charge in [-0.05, 0) is 55.7 Å². The highest BCUT2D eigenvalue weighted by atomic mass is 32.2. The van der Waals surface area contributed by atoms with Gasteiger partial charge in [0.05, 0.1) is 11.5 Å². The second-order valence-electron chi connectivity index (χ2n) is 8.51. The van der Waals surface area contributed by atoms with E-state index in [4.69, 9.17) is 0 Å². The third kappa shape index (κ3) is 5.56. The number of hydrogen-bond acceptors (Lipinski definition) is 3. The van der Waals surface area contributed by atoms with Crippen molar-refractivity contribution in [3.8, 4) is 0 Å². The molecule has 0 radical (unpaired) electrons. The zero-order valence-electron chi connectivity index (χ0n) is 16.8. The van der Waals surface area contributed by atoms with Crippen molar-refractivity contribution in [2.45, 2.75) is 70.9 Å².